The van der Waals surface area contributed by atoms with E-state index in [9.17, 15) is 9.59 Å². The highest BCUT2D eigenvalue weighted by Crippen LogP contribution is 2.29. The third kappa shape index (κ3) is 4.47. The van der Waals surface area contributed by atoms with Crippen LogP contribution in [0.25, 0.3) is 10.9 Å². The quantitative estimate of drug-likeness (QED) is 0.566. The molecule has 0 aliphatic carbocycles. The Bertz CT molecular complexity index is 1190. The number of aromatic nitrogens is 1. The van der Waals surface area contributed by atoms with Crippen LogP contribution in [0.5, 0.6) is 0 Å². The van der Waals surface area contributed by atoms with Gasteiger partial charge in [-0.2, -0.15) is 0 Å². The molecule has 0 fully saturated rings. The molecule has 0 saturated carbocycles. The summed E-state index contributed by atoms with van der Waals surface area (Å²) in [4.78, 5) is 32.8. The topological polar surface area (TPSA) is 71.5 Å². The molecule has 0 radical (unpaired) electrons. The molecule has 0 bridgehead atoms. The third-order valence-electron chi connectivity index (χ3n) is 5.89. The number of esters is 1. The van der Waals surface area contributed by atoms with Crippen LogP contribution < -0.4 is 5.32 Å². The normalized spacial score (nSPS) is 13.8. The first-order chi connectivity index (χ1) is 15.3. The SMILES string of the molecule is Cc1c(Cl)cccc1NC(=O)COC(=O)c1c2c(nc3ccccc13)CCN(C(C)C)C2. The maximum absolute atomic E-state index is 13.2. The monoisotopic (exact) mass is 451 g/mol. The summed E-state index contributed by atoms with van der Waals surface area (Å²) >= 11 is 6.12. The van der Waals surface area contributed by atoms with E-state index in [0.717, 1.165) is 40.7 Å². The summed E-state index contributed by atoms with van der Waals surface area (Å²) in [7, 11) is 0. The minimum atomic E-state index is -0.511. The van der Waals surface area contributed by atoms with Crippen molar-refractivity contribution in [3.8, 4) is 0 Å². The Hall–Kier alpha value is -2.96. The van der Waals surface area contributed by atoms with Crippen molar-refractivity contribution in [1.82, 2.24) is 9.88 Å². The van der Waals surface area contributed by atoms with Gasteiger partial charge >= 0.3 is 5.97 Å². The zero-order valence-corrected chi connectivity index (χ0v) is 19.2. The molecule has 1 aromatic heterocycles. The van der Waals surface area contributed by atoms with E-state index in [2.05, 4.69) is 24.1 Å². The molecule has 1 N–H and O–H groups in total. The molecule has 0 spiro atoms. The highest BCUT2D eigenvalue weighted by Gasteiger charge is 2.27. The molecule has 2 heterocycles. The number of ether oxygens (including phenoxy) is 1. The minimum absolute atomic E-state index is 0.352. The lowest BCUT2D eigenvalue weighted by atomic mass is 9.95. The summed E-state index contributed by atoms with van der Waals surface area (Å²) in [5, 5.41) is 4.06. The van der Waals surface area contributed by atoms with E-state index in [4.69, 9.17) is 21.3 Å². The number of benzene rings is 2. The summed E-state index contributed by atoms with van der Waals surface area (Å²) in [6.45, 7) is 7.23. The van der Waals surface area contributed by atoms with Gasteiger partial charge in [0, 0.05) is 52.9 Å². The number of anilines is 1. The fourth-order valence-electron chi connectivity index (χ4n) is 4.02. The highest BCUT2D eigenvalue weighted by molar-refractivity contribution is 6.31. The van der Waals surface area contributed by atoms with Crippen LogP contribution in [0, 0.1) is 6.92 Å². The molecule has 1 amide bonds. The summed E-state index contributed by atoms with van der Waals surface area (Å²) in [6.07, 6.45) is 0.771. The largest absolute Gasteiger partial charge is 0.452 e. The van der Waals surface area contributed by atoms with Crippen molar-refractivity contribution in [3.05, 3.63) is 69.9 Å². The number of hydrogen-bond donors (Lipinski definition) is 1. The number of halogens is 1. The number of pyridine rings is 1. The summed E-state index contributed by atoms with van der Waals surface area (Å²) in [5.41, 5.74) is 4.43. The molecule has 0 saturated heterocycles. The molecule has 1 aliphatic heterocycles. The van der Waals surface area contributed by atoms with Crippen LogP contribution in [0.3, 0.4) is 0 Å². The Kier molecular flexibility index (Phi) is 6.44. The van der Waals surface area contributed by atoms with Gasteiger partial charge in [0.2, 0.25) is 0 Å². The van der Waals surface area contributed by atoms with E-state index < -0.39 is 11.9 Å². The van der Waals surface area contributed by atoms with Crippen LogP contribution in [-0.2, 0) is 22.5 Å². The number of nitrogens with zero attached hydrogens (tertiary/aromatic N) is 2. The number of carbonyl (C=O) groups excluding carboxylic acids is 2. The fraction of sp³-hybridized carbons (Fsp3) is 0.320. The average Bonchev–Trinajstić information content (AvgIpc) is 2.78. The van der Waals surface area contributed by atoms with Crippen molar-refractivity contribution in [2.45, 2.75) is 39.8 Å². The molecule has 7 heteroatoms. The van der Waals surface area contributed by atoms with Crippen molar-refractivity contribution in [3.63, 3.8) is 0 Å². The van der Waals surface area contributed by atoms with Crippen LogP contribution in [0.1, 0.15) is 41.0 Å². The Morgan fingerprint density at radius 2 is 1.97 bits per heavy atom. The predicted molar refractivity (Wildman–Crippen MR) is 126 cm³/mol. The molecule has 3 aromatic rings. The Balaban J connectivity index is 1.58. The van der Waals surface area contributed by atoms with Gasteiger partial charge < -0.3 is 10.1 Å². The smallest absolute Gasteiger partial charge is 0.339 e. The van der Waals surface area contributed by atoms with E-state index in [1.807, 2.05) is 31.2 Å². The summed E-state index contributed by atoms with van der Waals surface area (Å²) in [6, 6.07) is 13.2. The van der Waals surface area contributed by atoms with Crippen molar-refractivity contribution in [2.24, 2.45) is 0 Å². The maximum atomic E-state index is 13.2. The second-order valence-electron chi connectivity index (χ2n) is 8.28. The zero-order chi connectivity index (χ0) is 22.8. The van der Waals surface area contributed by atoms with E-state index in [-0.39, 0.29) is 6.61 Å². The minimum Gasteiger partial charge on any atom is -0.452 e. The molecular formula is C25H26ClN3O3. The van der Waals surface area contributed by atoms with Crippen LogP contribution in [0.2, 0.25) is 5.02 Å². The molecule has 0 unspecified atom stereocenters. The van der Waals surface area contributed by atoms with E-state index in [0.29, 0.717) is 28.9 Å². The van der Waals surface area contributed by atoms with E-state index in [1.54, 1.807) is 18.2 Å². The van der Waals surface area contributed by atoms with Gasteiger partial charge in [-0.3, -0.25) is 14.7 Å². The van der Waals surface area contributed by atoms with Gasteiger partial charge in [0.1, 0.15) is 0 Å². The van der Waals surface area contributed by atoms with Gasteiger partial charge in [-0.25, -0.2) is 4.79 Å². The standard InChI is InChI=1S/C25H26ClN3O3/c1-15(2)29-12-11-22-18(13-29)24(17-7-4-5-9-21(17)27-22)25(31)32-14-23(30)28-20-10-6-8-19(26)16(20)3/h4-10,15H,11-14H2,1-3H3,(H,28,30). The molecule has 166 valence electrons. The first-order valence-corrected chi connectivity index (χ1v) is 11.1. The van der Waals surface area contributed by atoms with Crippen LogP contribution in [0.15, 0.2) is 42.5 Å². The van der Waals surface area contributed by atoms with Gasteiger partial charge in [0.25, 0.3) is 5.91 Å². The number of nitrogens with one attached hydrogen (secondary N) is 1. The Morgan fingerprint density at radius 1 is 1.19 bits per heavy atom. The number of hydrogen-bond acceptors (Lipinski definition) is 5. The van der Waals surface area contributed by atoms with Crippen molar-refractivity contribution in [1.29, 1.82) is 0 Å². The lowest BCUT2D eigenvalue weighted by Crippen LogP contribution is -2.37. The van der Waals surface area contributed by atoms with Crippen molar-refractivity contribution < 1.29 is 14.3 Å². The molecule has 2 aromatic carbocycles. The van der Waals surface area contributed by atoms with Crippen LogP contribution >= 0.6 is 11.6 Å². The van der Waals surface area contributed by atoms with Gasteiger partial charge in [-0.05, 0) is 44.5 Å². The molecule has 1 aliphatic rings. The Labute approximate surface area is 192 Å². The molecule has 4 rings (SSSR count). The lowest BCUT2D eigenvalue weighted by Gasteiger charge is -2.32. The fourth-order valence-corrected chi connectivity index (χ4v) is 4.19. The van der Waals surface area contributed by atoms with Gasteiger partial charge in [-0.15, -0.1) is 0 Å². The number of para-hydroxylation sites is 1. The first-order valence-electron chi connectivity index (χ1n) is 10.7. The van der Waals surface area contributed by atoms with Crippen molar-refractivity contribution in [2.75, 3.05) is 18.5 Å². The second kappa shape index (κ2) is 9.27. The molecule has 32 heavy (non-hydrogen) atoms. The lowest BCUT2D eigenvalue weighted by molar-refractivity contribution is -0.119. The van der Waals surface area contributed by atoms with Crippen molar-refractivity contribution >= 4 is 40.1 Å². The summed E-state index contributed by atoms with van der Waals surface area (Å²) in [5.74, 6) is -0.928. The van der Waals surface area contributed by atoms with Crippen LogP contribution in [-0.4, -0.2) is 41.0 Å². The first kappa shape index (κ1) is 22.2. The van der Waals surface area contributed by atoms with E-state index >= 15 is 0 Å². The molecule has 6 nitrogen and oxygen atoms in total. The third-order valence-corrected chi connectivity index (χ3v) is 6.30. The summed E-state index contributed by atoms with van der Waals surface area (Å²) < 4.78 is 5.47. The van der Waals surface area contributed by atoms with Crippen LogP contribution in [0.4, 0.5) is 5.69 Å². The highest BCUT2D eigenvalue weighted by atomic mass is 35.5. The van der Waals surface area contributed by atoms with Gasteiger partial charge in [-0.1, -0.05) is 35.9 Å². The van der Waals surface area contributed by atoms with E-state index in [1.165, 1.54) is 0 Å². The maximum Gasteiger partial charge on any atom is 0.339 e. The number of rotatable bonds is 5. The second-order valence-corrected chi connectivity index (χ2v) is 8.69. The number of amides is 1. The van der Waals surface area contributed by atoms with Gasteiger partial charge in [0.05, 0.1) is 11.1 Å². The number of fused-ring (bicyclic) bond motifs is 2. The molecular weight excluding hydrogens is 426 g/mol. The average molecular weight is 452 g/mol. The molecule has 0 atom stereocenters. The van der Waals surface area contributed by atoms with Gasteiger partial charge in [0.15, 0.2) is 6.61 Å². The zero-order valence-electron chi connectivity index (χ0n) is 18.4. The number of carbonyl (C=O) groups is 2. The Morgan fingerprint density at radius 3 is 2.75 bits per heavy atom. The predicted octanol–water partition coefficient (Wildman–Crippen LogP) is 4.76.